The Bertz CT molecular complexity index is 680. The van der Waals surface area contributed by atoms with Crippen molar-refractivity contribution in [1.82, 2.24) is 14.5 Å². The molecule has 0 fully saturated rings. The van der Waals surface area contributed by atoms with Crippen LogP contribution < -0.4 is 0 Å². The smallest absolute Gasteiger partial charge is 0.172 e. The van der Waals surface area contributed by atoms with E-state index < -0.39 is 0 Å². The maximum absolute atomic E-state index is 4.43. The van der Waals surface area contributed by atoms with Crippen molar-refractivity contribution in [3.05, 3.63) is 71.2 Å². The molecule has 100 valence electrons. The summed E-state index contributed by atoms with van der Waals surface area (Å²) in [5, 5.41) is 0.990. The van der Waals surface area contributed by atoms with Crippen LogP contribution in [0.5, 0.6) is 0 Å². The van der Waals surface area contributed by atoms with E-state index in [1.165, 1.54) is 5.56 Å². The summed E-state index contributed by atoms with van der Waals surface area (Å²) in [6.45, 7) is 0. The first-order valence-corrected chi connectivity index (χ1v) is 7.92. The number of thioether (sulfide) groups is 1. The highest BCUT2D eigenvalue weighted by atomic mass is 79.9. The molecule has 0 radical (unpaired) electrons. The van der Waals surface area contributed by atoms with Gasteiger partial charge in [-0.1, -0.05) is 27.7 Å². The second-order valence-corrected chi connectivity index (χ2v) is 6.06. The highest BCUT2D eigenvalue weighted by Crippen LogP contribution is 2.24. The van der Waals surface area contributed by atoms with Gasteiger partial charge in [0.05, 0.1) is 0 Å². The lowest BCUT2D eigenvalue weighted by Crippen LogP contribution is -1.95. The molecule has 0 saturated carbocycles. The van der Waals surface area contributed by atoms with Crippen molar-refractivity contribution in [3.63, 3.8) is 0 Å². The van der Waals surface area contributed by atoms with Crippen LogP contribution in [0, 0.1) is 0 Å². The zero-order chi connectivity index (χ0) is 13.8. The molecule has 5 heteroatoms. The Morgan fingerprint density at radius 2 is 1.75 bits per heavy atom. The molecule has 0 unspecified atom stereocenters. The summed E-state index contributed by atoms with van der Waals surface area (Å²) in [5.74, 6) is 0.885. The first kappa shape index (κ1) is 13.4. The summed E-state index contributed by atoms with van der Waals surface area (Å²) in [5.41, 5.74) is 2.36. The normalized spacial score (nSPS) is 10.7. The van der Waals surface area contributed by atoms with Crippen molar-refractivity contribution >= 4 is 27.7 Å². The Labute approximate surface area is 130 Å². The Balaban J connectivity index is 1.78. The Kier molecular flexibility index (Phi) is 4.18. The lowest BCUT2D eigenvalue weighted by molar-refractivity contribution is 0.894. The quantitative estimate of drug-likeness (QED) is 0.659. The van der Waals surface area contributed by atoms with E-state index in [4.69, 9.17) is 0 Å². The van der Waals surface area contributed by atoms with Gasteiger partial charge in [-0.15, -0.1) is 0 Å². The topological polar surface area (TPSA) is 30.7 Å². The first-order chi connectivity index (χ1) is 9.83. The van der Waals surface area contributed by atoms with Crippen LogP contribution in [-0.2, 0) is 5.75 Å². The number of imidazole rings is 1. The minimum Gasteiger partial charge on any atom is -0.295 e. The monoisotopic (exact) mass is 345 g/mol. The SMILES string of the molecule is Brc1ccc(-n2ccnc2SCc2ccncc2)cc1. The maximum atomic E-state index is 4.43. The van der Waals surface area contributed by atoms with Gasteiger partial charge in [0.25, 0.3) is 0 Å². The van der Waals surface area contributed by atoms with Gasteiger partial charge in [0.1, 0.15) is 0 Å². The molecule has 0 aliphatic carbocycles. The number of rotatable bonds is 4. The molecule has 0 saturated heterocycles. The van der Waals surface area contributed by atoms with Crippen molar-refractivity contribution < 1.29 is 0 Å². The molecular weight excluding hydrogens is 334 g/mol. The minimum absolute atomic E-state index is 0.885. The molecule has 1 aromatic carbocycles. The number of hydrogen-bond acceptors (Lipinski definition) is 3. The van der Waals surface area contributed by atoms with E-state index in [1.54, 1.807) is 11.8 Å². The molecule has 0 bridgehead atoms. The molecule has 2 heterocycles. The van der Waals surface area contributed by atoms with E-state index in [9.17, 15) is 0 Å². The van der Waals surface area contributed by atoms with Crippen LogP contribution in [0.15, 0.2) is 70.8 Å². The molecule has 0 amide bonds. The van der Waals surface area contributed by atoms with Gasteiger partial charge in [-0.05, 0) is 42.0 Å². The zero-order valence-electron chi connectivity index (χ0n) is 10.6. The van der Waals surface area contributed by atoms with E-state index in [-0.39, 0.29) is 0 Å². The second-order valence-electron chi connectivity index (χ2n) is 4.20. The van der Waals surface area contributed by atoms with Crippen LogP contribution in [0.1, 0.15) is 5.56 Å². The highest BCUT2D eigenvalue weighted by molar-refractivity contribution is 9.10. The van der Waals surface area contributed by atoms with E-state index in [1.807, 2.05) is 49.1 Å². The maximum Gasteiger partial charge on any atom is 0.172 e. The van der Waals surface area contributed by atoms with Crippen molar-refractivity contribution in [1.29, 1.82) is 0 Å². The third-order valence-corrected chi connectivity index (χ3v) is 4.40. The molecule has 0 aliphatic rings. The molecule has 3 nitrogen and oxygen atoms in total. The number of hydrogen-bond donors (Lipinski definition) is 0. The molecule has 20 heavy (non-hydrogen) atoms. The standard InChI is InChI=1S/C15H12BrN3S/c16-13-1-3-14(4-2-13)19-10-9-18-15(19)20-11-12-5-7-17-8-6-12/h1-10H,11H2. The van der Waals surface area contributed by atoms with Crippen LogP contribution in [-0.4, -0.2) is 14.5 Å². The number of aromatic nitrogens is 3. The van der Waals surface area contributed by atoms with Crippen molar-refractivity contribution in [2.75, 3.05) is 0 Å². The van der Waals surface area contributed by atoms with Crippen molar-refractivity contribution in [3.8, 4) is 5.69 Å². The molecule has 0 spiro atoms. The third-order valence-electron chi connectivity index (χ3n) is 2.83. The van der Waals surface area contributed by atoms with Crippen LogP contribution in [0.3, 0.4) is 0 Å². The van der Waals surface area contributed by atoms with Gasteiger partial charge in [0, 0.05) is 40.7 Å². The second kappa shape index (κ2) is 6.24. The fourth-order valence-corrected chi connectivity index (χ4v) is 3.01. The average Bonchev–Trinajstić information content (AvgIpc) is 2.95. The fourth-order valence-electron chi connectivity index (χ4n) is 1.82. The van der Waals surface area contributed by atoms with Gasteiger partial charge in [0.2, 0.25) is 0 Å². The third kappa shape index (κ3) is 3.11. The number of halogens is 1. The lowest BCUT2D eigenvalue weighted by Gasteiger charge is -2.07. The molecule has 0 N–H and O–H groups in total. The zero-order valence-corrected chi connectivity index (χ0v) is 13.0. The predicted molar refractivity (Wildman–Crippen MR) is 85.1 cm³/mol. The summed E-state index contributed by atoms with van der Waals surface area (Å²) in [4.78, 5) is 8.46. The van der Waals surface area contributed by atoms with Crippen LogP contribution in [0.4, 0.5) is 0 Å². The first-order valence-electron chi connectivity index (χ1n) is 6.14. The fraction of sp³-hybridized carbons (Fsp3) is 0.0667. The van der Waals surface area contributed by atoms with Crippen LogP contribution >= 0.6 is 27.7 Å². The molecule has 0 aliphatic heterocycles. The predicted octanol–water partition coefficient (Wildman–Crippen LogP) is 4.32. The molecular formula is C15H12BrN3S. The van der Waals surface area contributed by atoms with Gasteiger partial charge >= 0.3 is 0 Å². The van der Waals surface area contributed by atoms with E-state index >= 15 is 0 Å². The Hall–Kier alpha value is -1.59. The average molecular weight is 346 g/mol. The summed E-state index contributed by atoms with van der Waals surface area (Å²) in [7, 11) is 0. The lowest BCUT2D eigenvalue weighted by atomic mass is 10.3. The van der Waals surface area contributed by atoms with Crippen molar-refractivity contribution in [2.45, 2.75) is 10.9 Å². The molecule has 3 rings (SSSR count). The van der Waals surface area contributed by atoms with E-state index in [2.05, 4.69) is 42.6 Å². The molecule has 2 aromatic heterocycles. The molecule has 0 atom stereocenters. The van der Waals surface area contributed by atoms with Gasteiger partial charge in [0.15, 0.2) is 5.16 Å². The minimum atomic E-state index is 0.885. The van der Waals surface area contributed by atoms with Crippen molar-refractivity contribution in [2.24, 2.45) is 0 Å². The summed E-state index contributed by atoms with van der Waals surface area (Å²) in [6, 6.07) is 12.3. The number of nitrogens with zero attached hydrogens (tertiary/aromatic N) is 3. The largest absolute Gasteiger partial charge is 0.295 e. The molecule has 3 aromatic rings. The van der Waals surface area contributed by atoms with Crippen LogP contribution in [0.25, 0.3) is 5.69 Å². The van der Waals surface area contributed by atoms with Gasteiger partial charge in [-0.3, -0.25) is 9.55 Å². The summed E-state index contributed by atoms with van der Waals surface area (Å²) < 4.78 is 3.17. The van der Waals surface area contributed by atoms with E-state index in [0.717, 1.165) is 21.1 Å². The summed E-state index contributed by atoms with van der Waals surface area (Å²) in [6.07, 6.45) is 7.45. The summed E-state index contributed by atoms with van der Waals surface area (Å²) >= 11 is 5.17. The Morgan fingerprint density at radius 1 is 1.00 bits per heavy atom. The Morgan fingerprint density at radius 3 is 2.50 bits per heavy atom. The number of benzene rings is 1. The number of pyridine rings is 1. The van der Waals surface area contributed by atoms with Gasteiger partial charge in [-0.25, -0.2) is 4.98 Å². The van der Waals surface area contributed by atoms with Gasteiger partial charge in [-0.2, -0.15) is 0 Å². The van der Waals surface area contributed by atoms with E-state index in [0.29, 0.717) is 0 Å². The van der Waals surface area contributed by atoms with Crippen LogP contribution in [0.2, 0.25) is 0 Å². The highest BCUT2D eigenvalue weighted by Gasteiger charge is 2.06. The van der Waals surface area contributed by atoms with Gasteiger partial charge < -0.3 is 0 Å².